The van der Waals surface area contributed by atoms with Crippen molar-refractivity contribution >= 4 is 41.0 Å². The van der Waals surface area contributed by atoms with E-state index in [4.69, 9.17) is 0 Å². The monoisotopic (exact) mass is 523 g/mol. The smallest absolute Gasteiger partial charge is 0.368 e. The molecule has 0 aliphatic carbocycles. The first kappa shape index (κ1) is 25.0. The van der Waals surface area contributed by atoms with Gasteiger partial charge >= 0.3 is 6.18 Å². The molecular formula is C28H24F3N3O2S. The van der Waals surface area contributed by atoms with Gasteiger partial charge in [-0.05, 0) is 48.0 Å². The molecule has 2 aliphatic rings. The van der Waals surface area contributed by atoms with Crippen molar-refractivity contribution in [2.45, 2.75) is 11.1 Å². The summed E-state index contributed by atoms with van der Waals surface area (Å²) in [5, 5.41) is 0. The van der Waals surface area contributed by atoms with E-state index in [1.165, 1.54) is 28.8 Å². The van der Waals surface area contributed by atoms with Crippen LogP contribution in [-0.4, -0.2) is 49.4 Å². The lowest BCUT2D eigenvalue weighted by molar-refractivity contribution is -0.137. The lowest BCUT2D eigenvalue weighted by Gasteiger charge is -2.37. The Bertz CT molecular complexity index is 1320. The second-order valence-electron chi connectivity index (χ2n) is 8.79. The molecule has 2 aliphatic heterocycles. The predicted octanol–water partition coefficient (Wildman–Crippen LogP) is 5.53. The number of hydrogen-bond donors (Lipinski definition) is 0. The zero-order valence-electron chi connectivity index (χ0n) is 19.8. The normalized spacial score (nSPS) is 17.2. The summed E-state index contributed by atoms with van der Waals surface area (Å²) in [6.07, 6.45) is -2.86. The number of halogens is 3. The molecule has 0 radical (unpaired) electrons. The van der Waals surface area contributed by atoms with Crippen molar-refractivity contribution < 1.29 is 22.8 Å². The number of fused-ring (bicyclic) bond motifs is 1. The number of amides is 2. The molecule has 0 N–H and O–H groups in total. The molecule has 5 rings (SSSR count). The van der Waals surface area contributed by atoms with Crippen LogP contribution in [-0.2, 0) is 15.8 Å². The first-order valence-corrected chi connectivity index (χ1v) is 12.7. The van der Waals surface area contributed by atoms with E-state index in [0.717, 1.165) is 22.7 Å². The van der Waals surface area contributed by atoms with Gasteiger partial charge in [0, 0.05) is 36.8 Å². The molecule has 0 atom stereocenters. The van der Waals surface area contributed by atoms with E-state index < -0.39 is 11.7 Å². The van der Waals surface area contributed by atoms with E-state index >= 15 is 0 Å². The van der Waals surface area contributed by atoms with Gasteiger partial charge in [0.2, 0.25) is 5.91 Å². The standard InChI is InChI=1S/C28H24F3N3O2S/c29-28(30,31)21-12-10-20(11-13-21)18-25-27(36)34(23-8-4-5-9-24(23)37-25)19-26(35)33-16-14-32(15-17-33)22-6-2-1-3-7-22/h1-13,18H,14-17,19H2/b25-18-. The maximum atomic E-state index is 13.5. The molecule has 0 saturated carbocycles. The Balaban J connectivity index is 1.32. The number of para-hydroxylation sites is 2. The average Bonchev–Trinajstić information content (AvgIpc) is 2.91. The third-order valence-corrected chi connectivity index (χ3v) is 7.49. The highest BCUT2D eigenvalue weighted by molar-refractivity contribution is 8.04. The van der Waals surface area contributed by atoms with Gasteiger partial charge in [-0.25, -0.2) is 0 Å². The van der Waals surface area contributed by atoms with Gasteiger partial charge in [-0.3, -0.25) is 14.5 Å². The minimum Gasteiger partial charge on any atom is -0.368 e. The molecule has 2 heterocycles. The zero-order valence-corrected chi connectivity index (χ0v) is 20.6. The van der Waals surface area contributed by atoms with Crippen molar-refractivity contribution in [3.8, 4) is 0 Å². The highest BCUT2D eigenvalue weighted by Crippen LogP contribution is 2.42. The van der Waals surface area contributed by atoms with Crippen molar-refractivity contribution in [1.82, 2.24) is 4.90 Å². The molecule has 2 amide bonds. The van der Waals surface area contributed by atoms with Gasteiger partial charge < -0.3 is 9.80 Å². The third kappa shape index (κ3) is 5.51. The Morgan fingerprint density at radius 2 is 1.51 bits per heavy atom. The maximum absolute atomic E-state index is 13.5. The van der Waals surface area contributed by atoms with Crippen LogP contribution in [0.1, 0.15) is 11.1 Å². The van der Waals surface area contributed by atoms with E-state index in [9.17, 15) is 22.8 Å². The first-order chi connectivity index (χ1) is 17.8. The number of piperazine rings is 1. The second kappa shape index (κ2) is 10.3. The Hall–Kier alpha value is -3.72. The van der Waals surface area contributed by atoms with Crippen LogP contribution in [0.4, 0.5) is 24.5 Å². The number of hydrogen-bond acceptors (Lipinski definition) is 4. The zero-order chi connectivity index (χ0) is 26.0. The van der Waals surface area contributed by atoms with Gasteiger partial charge in [0.05, 0.1) is 16.2 Å². The van der Waals surface area contributed by atoms with Gasteiger partial charge in [-0.1, -0.05) is 54.2 Å². The quantitative estimate of drug-likeness (QED) is 0.422. The van der Waals surface area contributed by atoms with E-state index in [0.29, 0.717) is 42.3 Å². The highest BCUT2D eigenvalue weighted by Gasteiger charge is 2.33. The molecule has 190 valence electrons. The molecule has 0 unspecified atom stereocenters. The number of rotatable bonds is 4. The molecule has 0 aromatic heterocycles. The number of benzene rings is 3. The fourth-order valence-corrected chi connectivity index (χ4v) is 5.49. The summed E-state index contributed by atoms with van der Waals surface area (Å²) in [6, 6.07) is 22.0. The van der Waals surface area contributed by atoms with Crippen molar-refractivity contribution in [1.29, 1.82) is 0 Å². The van der Waals surface area contributed by atoms with E-state index in [1.807, 2.05) is 48.5 Å². The number of alkyl halides is 3. The van der Waals surface area contributed by atoms with Gasteiger partial charge in [0.25, 0.3) is 5.91 Å². The van der Waals surface area contributed by atoms with Crippen LogP contribution < -0.4 is 9.80 Å². The van der Waals surface area contributed by atoms with E-state index in [-0.39, 0.29) is 18.4 Å². The summed E-state index contributed by atoms with van der Waals surface area (Å²) < 4.78 is 38.8. The number of thioether (sulfide) groups is 1. The molecule has 1 saturated heterocycles. The summed E-state index contributed by atoms with van der Waals surface area (Å²) in [6.45, 7) is 2.41. The predicted molar refractivity (Wildman–Crippen MR) is 139 cm³/mol. The van der Waals surface area contributed by atoms with Crippen LogP contribution in [0, 0.1) is 0 Å². The molecule has 37 heavy (non-hydrogen) atoms. The largest absolute Gasteiger partial charge is 0.416 e. The lowest BCUT2D eigenvalue weighted by atomic mass is 10.1. The van der Waals surface area contributed by atoms with E-state index in [2.05, 4.69) is 4.90 Å². The van der Waals surface area contributed by atoms with Gasteiger partial charge in [-0.2, -0.15) is 13.2 Å². The van der Waals surface area contributed by atoms with Crippen LogP contribution in [0.2, 0.25) is 0 Å². The molecule has 5 nitrogen and oxygen atoms in total. The molecule has 3 aromatic rings. The second-order valence-corrected chi connectivity index (χ2v) is 9.88. The fourth-order valence-electron chi connectivity index (χ4n) is 4.43. The molecule has 3 aromatic carbocycles. The Kier molecular flexibility index (Phi) is 6.97. The van der Waals surface area contributed by atoms with Crippen molar-refractivity contribution in [2.24, 2.45) is 0 Å². The average molecular weight is 524 g/mol. The lowest BCUT2D eigenvalue weighted by Crippen LogP contribution is -2.52. The van der Waals surface area contributed by atoms with Gasteiger partial charge in [0.15, 0.2) is 0 Å². The van der Waals surface area contributed by atoms with Crippen LogP contribution in [0.5, 0.6) is 0 Å². The van der Waals surface area contributed by atoms with Crippen LogP contribution in [0.15, 0.2) is 88.7 Å². The van der Waals surface area contributed by atoms with Crippen LogP contribution >= 0.6 is 11.8 Å². The third-order valence-electron chi connectivity index (χ3n) is 6.41. The summed E-state index contributed by atoms with van der Waals surface area (Å²) in [5.74, 6) is -0.489. The highest BCUT2D eigenvalue weighted by atomic mass is 32.2. The summed E-state index contributed by atoms with van der Waals surface area (Å²) >= 11 is 1.25. The number of carbonyl (C=O) groups is 2. The Morgan fingerprint density at radius 3 is 2.19 bits per heavy atom. The van der Waals surface area contributed by atoms with E-state index in [1.54, 1.807) is 17.0 Å². The summed E-state index contributed by atoms with van der Waals surface area (Å²) in [5.41, 5.74) is 1.50. The number of anilines is 2. The summed E-state index contributed by atoms with van der Waals surface area (Å²) in [4.78, 5) is 33.3. The Labute approximate surface area is 217 Å². The van der Waals surface area contributed by atoms with Crippen molar-refractivity contribution in [3.05, 3.63) is 94.9 Å². The SMILES string of the molecule is O=C(CN1C(=O)/C(=C/c2ccc(C(F)(F)F)cc2)Sc2ccccc21)N1CCN(c2ccccc2)CC1. The minimum absolute atomic E-state index is 0.105. The molecule has 0 spiro atoms. The van der Waals surface area contributed by atoms with Crippen LogP contribution in [0.3, 0.4) is 0 Å². The minimum atomic E-state index is -4.43. The first-order valence-electron chi connectivity index (χ1n) is 11.8. The number of nitrogens with zero attached hydrogens (tertiary/aromatic N) is 3. The molecular weight excluding hydrogens is 499 g/mol. The summed E-state index contributed by atoms with van der Waals surface area (Å²) in [7, 11) is 0. The molecule has 9 heteroatoms. The van der Waals surface area contributed by atoms with Crippen LogP contribution in [0.25, 0.3) is 6.08 Å². The van der Waals surface area contributed by atoms with Gasteiger partial charge in [-0.15, -0.1) is 0 Å². The van der Waals surface area contributed by atoms with Crippen molar-refractivity contribution in [3.63, 3.8) is 0 Å². The molecule has 0 bridgehead atoms. The maximum Gasteiger partial charge on any atom is 0.416 e. The Morgan fingerprint density at radius 1 is 0.865 bits per heavy atom. The molecule has 1 fully saturated rings. The van der Waals surface area contributed by atoms with Crippen molar-refractivity contribution in [2.75, 3.05) is 42.5 Å². The van der Waals surface area contributed by atoms with Gasteiger partial charge in [0.1, 0.15) is 6.54 Å². The fraction of sp³-hybridized carbons (Fsp3) is 0.214. The topological polar surface area (TPSA) is 43.9 Å². The number of carbonyl (C=O) groups excluding carboxylic acids is 2.